The van der Waals surface area contributed by atoms with Gasteiger partial charge < -0.3 is 4.74 Å². The van der Waals surface area contributed by atoms with E-state index in [2.05, 4.69) is 4.74 Å². The van der Waals surface area contributed by atoms with Crippen LogP contribution < -0.4 is 0 Å². The van der Waals surface area contributed by atoms with Gasteiger partial charge in [0.15, 0.2) is 17.4 Å². The summed E-state index contributed by atoms with van der Waals surface area (Å²) >= 11 is 0. The largest absolute Gasteiger partial charge is 0.463 e. The minimum absolute atomic E-state index is 0.207. The molecule has 0 aliphatic heterocycles. The van der Waals surface area contributed by atoms with Gasteiger partial charge in [-0.15, -0.1) is 0 Å². The van der Waals surface area contributed by atoms with Crippen LogP contribution in [0.1, 0.15) is 22.3 Å². The van der Waals surface area contributed by atoms with Gasteiger partial charge in [-0.1, -0.05) is 0 Å². The third-order valence-corrected chi connectivity index (χ3v) is 2.42. The Morgan fingerprint density at radius 3 is 2.26 bits per heavy atom. The number of benzene rings is 1. The van der Waals surface area contributed by atoms with Crippen molar-refractivity contribution >= 4 is 17.5 Å². The lowest BCUT2D eigenvalue weighted by Crippen LogP contribution is -2.20. The second kappa shape index (κ2) is 5.64. The number of carbonyl (C=O) groups is 3. The van der Waals surface area contributed by atoms with Crippen LogP contribution in [-0.4, -0.2) is 24.6 Å². The van der Waals surface area contributed by atoms with Gasteiger partial charge in [0.25, 0.3) is 0 Å². The number of Topliss-reactive ketones (excluding diaryl/α,β-unsaturated/α-hetero) is 2. The van der Waals surface area contributed by atoms with Crippen LogP contribution in [0.3, 0.4) is 0 Å². The Balaban J connectivity index is 3.11. The lowest BCUT2D eigenvalue weighted by atomic mass is 9.99. The zero-order valence-electron chi connectivity index (χ0n) is 10.1. The first kappa shape index (κ1) is 14.9. The molecule has 0 heterocycles. The summed E-state index contributed by atoms with van der Waals surface area (Å²) < 4.78 is 43.6. The molecular formula is C12H9F3O4. The van der Waals surface area contributed by atoms with E-state index in [1.807, 2.05) is 0 Å². The summed E-state index contributed by atoms with van der Waals surface area (Å²) in [7, 11) is 0.939. The normalized spacial score (nSPS) is 10.2. The van der Waals surface area contributed by atoms with Crippen LogP contribution in [0.25, 0.3) is 0 Å². The highest BCUT2D eigenvalue weighted by Crippen LogP contribution is 2.21. The second-order valence-electron chi connectivity index (χ2n) is 3.67. The van der Waals surface area contributed by atoms with E-state index >= 15 is 0 Å². The fraction of sp³-hybridized carbons (Fsp3) is 0.250. The summed E-state index contributed by atoms with van der Waals surface area (Å²) in [5.41, 5.74) is -1.31. The summed E-state index contributed by atoms with van der Waals surface area (Å²) in [6.07, 6.45) is -0.977. The number of hydrogen-bond donors (Lipinski definition) is 0. The van der Waals surface area contributed by atoms with Crippen molar-refractivity contribution < 1.29 is 32.3 Å². The lowest BCUT2D eigenvalue weighted by molar-refractivity contribution is -0.151. The van der Waals surface area contributed by atoms with E-state index in [1.54, 1.807) is 0 Å². The molecule has 0 atom stereocenters. The van der Waals surface area contributed by atoms with Crippen molar-refractivity contribution in [2.45, 2.75) is 13.3 Å². The van der Waals surface area contributed by atoms with Gasteiger partial charge in [0.05, 0.1) is 19.1 Å². The van der Waals surface area contributed by atoms with Gasteiger partial charge in [0.2, 0.25) is 5.78 Å². The molecule has 4 nitrogen and oxygen atoms in total. The number of rotatable bonds is 4. The number of hydrogen-bond acceptors (Lipinski definition) is 4. The molecule has 0 saturated carbocycles. The summed E-state index contributed by atoms with van der Waals surface area (Å²) in [5.74, 6) is -7.70. The molecule has 0 N–H and O–H groups in total. The van der Waals surface area contributed by atoms with E-state index in [-0.39, 0.29) is 6.07 Å². The molecule has 0 radical (unpaired) electrons. The number of ether oxygens (including phenoxy) is 1. The van der Waals surface area contributed by atoms with E-state index in [0.29, 0.717) is 0 Å². The Labute approximate surface area is 106 Å². The highest BCUT2D eigenvalue weighted by molar-refractivity contribution is 6.38. The number of halogens is 3. The maximum atomic E-state index is 13.4. The van der Waals surface area contributed by atoms with Crippen molar-refractivity contribution in [2.24, 2.45) is 0 Å². The van der Waals surface area contributed by atoms with Gasteiger partial charge >= 0.3 is 5.97 Å². The average molecular weight is 274 g/mol. The van der Waals surface area contributed by atoms with Crippen molar-refractivity contribution in [3.8, 4) is 0 Å². The molecule has 1 aromatic carbocycles. The molecule has 1 aromatic rings. The molecule has 7 heteroatoms. The van der Waals surface area contributed by atoms with Crippen LogP contribution in [0.2, 0.25) is 0 Å². The third kappa shape index (κ3) is 2.98. The average Bonchev–Trinajstić information content (AvgIpc) is 2.34. The highest BCUT2D eigenvalue weighted by atomic mass is 19.2. The van der Waals surface area contributed by atoms with Gasteiger partial charge in [0, 0.05) is 11.6 Å². The predicted molar refractivity (Wildman–Crippen MR) is 57.0 cm³/mol. The van der Waals surface area contributed by atoms with E-state index < -0.39 is 52.5 Å². The van der Waals surface area contributed by atoms with Crippen LogP contribution in [0.4, 0.5) is 13.2 Å². The van der Waals surface area contributed by atoms with Gasteiger partial charge in [-0.05, 0) is 6.92 Å². The molecule has 0 saturated heterocycles. The van der Waals surface area contributed by atoms with Crippen LogP contribution in [0.15, 0.2) is 6.07 Å². The van der Waals surface area contributed by atoms with Crippen molar-refractivity contribution in [1.29, 1.82) is 0 Å². The van der Waals surface area contributed by atoms with E-state index in [4.69, 9.17) is 0 Å². The maximum Gasteiger partial charge on any atom is 0.374 e. The molecule has 0 spiro atoms. The standard InChI is InChI=1S/C12H9F3O4/c1-5-10(6(13)3-7(14)11(5)15)8(16)4-9(17)12(18)19-2/h3H,4H2,1-2H3. The molecular weight excluding hydrogens is 265 g/mol. The Bertz CT molecular complexity index is 567. The molecule has 0 amide bonds. The molecule has 0 aromatic heterocycles. The minimum Gasteiger partial charge on any atom is -0.463 e. The molecule has 0 unspecified atom stereocenters. The number of ketones is 2. The predicted octanol–water partition coefficient (Wildman–Crippen LogP) is 1.73. The second-order valence-corrected chi connectivity index (χ2v) is 3.67. The van der Waals surface area contributed by atoms with Crippen molar-refractivity contribution in [2.75, 3.05) is 7.11 Å². The molecule has 0 fully saturated rings. The summed E-state index contributed by atoms with van der Waals surface area (Å²) in [5, 5.41) is 0. The van der Waals surface area contributed by atoms with E-state index in [1.165, 1.54) is 0 Å². The smallest absolute Gasteiger partial charge is 0.374 e. The van der Waals surface area contributed by atoms with E-state index in [9.17, 15) is 27.6 Å². The molecule has 0 bridgehead atoms. The lowest BCUT2D eigenvalue weighted by Gasteiger charge is -2.07. The van der Waals surface area contributed by atoms with Gasteiger partial charge in [-0.25, -0.2) is 18.0 Å². The van der Waals surface area contributed by atoms with Crippen LogP contribution in [0.5, 0.6) is 0 Å². The van der Waals surface area contributed by atoms with Crippen molar-refractivity contribution in [1.82, 2.24) is 0 Å². The quantitative estimate of drug-likeness (QED) is 0.276. The summed E-state index contributed by atoms with van der Waals surface area (Å²) in [4.78, 5) is 33.6. The highest BCUT2D eigenvalue weighted by Gasteiger charge is 2.25. The molecule has 19 heavy (non-hydrogen) atoms. The van der Waals surface area contributed by atoms with Gasteiger partial charge in [-0.2, -0.15) is 0 Å². The first-order valence-corrected chi connectivity index (χ1v) is 5.08. The van der Waals surface area contributed by atoms with Crippen LogP contribution in [0, 0.1) is 24.4 Å². The number of carbonyl (C=O) groups excluding carboxylic acids is 3. The molecule has 0 aliphatic carbocycles. The van der Waals surface area contributed by atoms with Gasteiger partial charge in [-0.3, -0.25) is 9.59 Å². The maximum absolute atomic E-state index is 13.4. The van der Waals surface area contributed by atoms with Gasteiger partial charge in [0.1, 0.15) is 5.82 Å². The minimum atomic E-state index is -1.44. The Morgan fingerprint density at radius 1 is 1.16 bits per heavy atom. The Hall–Kier alpha value is -2.18. The topological polar surface area (TPSA) is 60.4 Å². The Kier molecular flexibility index (Phi) is 4.42. The molecule has 1 rings (SSSR count). The summed E-state index contributed by atoms with van der Waals surface area (Å²) in [6, 6.07) is 0.207. The summed E-state index contributed by atoms with van der Waals surface area (Å²) in [6.45, 7) is 0.997. The monoisotopic (exact) mass is 274 g/mol. The zero-order valence-corrected chi connectivity index (χ0v) is 10.1. The first-order chi connectivity index (χ1) is 8.79. The fourth-order valence-electron chi connectivity index (χ4n) is 1.48. The molecule has 0 aliphatic rings. The number of esters is 1. The Morgan fingerprint density at radius 2 is 1.74 bits per heavy atom. The van der Waals surface area contributed by atoms with Crippen LogP contribution in [-0.2, 0) is 14.3 Å². The molecule has 102 valence electrons. The van der Waals surface area contributed by atoms with Crippen molar-refractivity contribution in [3.63, 3.8) is 0 Å². The van der Waals surface area contributed by atoms with Crippen molar-refractivity contribution in [3.05, 3.63) is 34.6 Å². The first-order valence-electron chi connectivity index (χ1n) is 5.08. The number of methoxy groups -OCH3 is 1. The fourth-order valence-corrected chi connectivity index (χ4v) is 1.48. The zero-order chi connectivity index (χ0) is 14.7. The SMILES string of the molecule is COC(=O)C(=O)CC(=O)c1c(F)cc(F)c(F)c1C. The third-order valence-electron chi connectivity index (χ3n) is 2.42. The van der Waals surface area contributed by atoms with Crippen LogP contribution >= 0.6 is 0 Å². The van der Waals surface area contributed by atoms with E-state index in [0.717, 1.165) is 14.0 Å².